The Morgan fingerprint density at radius 3 is 2.56 bits per heavy atom. The van der Waals surface area contributed by atoms with E-state index in [1.165, 1.54) is 24.3 Å². The van der Waals surface area contributed by atoms with Gasteiger partial charge in [-0.2, -0.15) is 0 Å². The van der Waals surface area contributed by atoms with Crippen LogP contribution in [0.25, 0.3) is 0 Å². The highest BCUT2D eigenvalue weighted by Gasteiger charge is 2.16. The molecule has 5 heteroatoms. The second-order valence-electron chi connectivity index (χ2n) is 4.40. The number of aliphatic hydroxyl groups is 1. The van der Waals surface area contributed by atoms with Crippen LogP contribution in [-0.2, 0) is 4.79 Å². The molecule has 1 aromatic rings. The topological polar surface area (TPSA) is 52.6 Å². The number of amides is 1. The number of rotatable bonds is 6. The molecule has 0 saturated heterocycles. The molecular weight excluding hydrogens is 235 g/mol. The Bertz CT molecular complexity index is 379. The fourth-order valence-electron chi connectivity index (χ4n) is 1.50. The number of hydrogen-bond donors (Lipinski definition) is 2. The number of nitrogens with one attached hydrogen (secondary N) is 1. The molecule has 1 atom stereocenters. The Hall–Kier alpha value is -1.46. The standard InChI is InChI=1S/C13H19FN2O2/c1-16(2)9-3-8-15-13(18)12(17)10-4-6-11(14)7-5-10/h4-7,12,17H,3,8-9H2,1-2H3,(H,15,18). The van der Waals surface area contributed by atoms with Crippen molar-refractivity contribution in [3.63, 3.8) is 0 Å². The minimum absolute atomic E-state index is 0.390. The first-order valence-corrected chi connectivity index (χ1v) is 5.86. The highest BCUT2D eigenvalue weighted by molar-refractivity contribution is 5.81. The lowest BCUT2D eigenvalue weighted by atomic mass is 10.1. The van der Waals surface area contributed by atoms with Crippen LogP contribution in [0.2, 0.25) is 0 Å². The van der Waals surface area contributed by atoms with Crippen LogP contribution in [0.3, 0.4) is 0 Å². The van der Waals surface area contributed by atoms with E-state index in [1.807, 2.05) is 19.0 Å². The van der Waals surface area contributed by atoms with Gasteiger partial charge in [0.05, 0.1) is 0 Å². The summed E-state index contributed by atoms with van der Waals surface area (Å²) in [4.78, 5) is 13.6. The van der Waals surface area contributed by atoms with E-state index in [0.29, 0.717) is 12.1 Å². The first kappa shape index (κ1) is 14.6. The molecule has 0 heterocycles. The van der Waals surface area contributed by atoms with Crippen LogP contribution in [0.4, 0.5) is 4.39 Å². The number of nitrogens with zero attached hydrogens (tertiary/aromatic N) is 1. The molecule has 1 rings (SSSR count). The van der Waals surface area contributed by atoms with Gasteiger partial charge in [-0.25, -0.2) is 4.39 Å². The first-order valence-electron chi connectivity index (χ1n) is 5.86. The molecule has 2 N–H and O–H groups in total. The molecule has 0 aliphatic heterocycles. The highest BCUT2D eigenvalue weighted by Crippen LogP contribution is 2.13. The molecule has 0 aromatic heterocycles. The van der Waals surface area contributed by atoms with Crippen LogP contribution in [0, 0.1) is 5.82 Å². The molecule has 1 aromatic carbocycles. The van der Waals surface area contributed by atoms with E-state index in [-0.39, 0.29) is 0 Å². The smallest absolute Gasteiger partial charge is 0.253 e. The maximum Gasteiger partial charge on any atom is 0.253 e. The van der Waals surface area contributed by atoms with Crippen molar-refractivity contribution in [3.05, 3.63) is 35.6 Å². The number of hydrogen-bond acceptors (Lipinski definition) is 3. The Kier molecular flexibility index (Phi) is 5.74. The number of carbonyl (C=O) groups excluding carboxylic acids is 1. The maximum atomic E-state index is 12.7. The van der Waals surface area contributed by atoms with Gasteiger partial charge in [-0.3, -0.25) is 4.79 Å². The van der Waals surface area contributed by atoms with Crippen LogP contribution < -0.4 is 5.32 Å². The summed E-state index contributed by atoms with van der Waals surface area (Å²) in [6, 6.07) is 5.24. The zero-order valence-corrected chi connectivity index (χ0v) is 10.7. The van der Waals surface area contributed by atoms with Crippen LogP contribution >= 0.6 is 0 Å². The molecule has 4 nitrogen and oxygen atoms in total. The van der Waals surface area contributed by atoms with E-state index >= 15 is 0 Å². The Morgan fingerprint density at radius 1 is 1.39 bits per heavy atom. The lowest BCUT2D eigenvalue weighted by Gasteiger charge is -2.13. The lowest BCUT2D eigenvalue weighted by Crippen LogP contribution is -2.31. The van der Waals surface area contributed by atoms with Gasteiger partial charge in [-0.15, -0.1) is 0 Å². The molecule has 0 spiro atoms. The Morgan fingerprint density at radius 2 is 2.00 bits per heavy atom. The van der Waals surface area contributed by atoms with Gasteiger partial charge < -0.3 is 15.3 Å². The third-order valence-electron chi connectivity index (χ3n) is 2.52. The molecule has 0 fully saturated rings. The fraction of sp³-hybridized carbons (Fsp3) is 0.462. The molecule has 18 heavy (non-hydrogen) atoms. The van der Waals surface area contributed by atoms with Crippen LogP contribution in [0.5, 0.6) is 0 Å². The second-order valence-corrected chi connectivity index (χ2v) is 4.40. The summed E-state index contributed by atoms with van der Waals surface area (Å²) in [6.45, 7) is 1.38. The summed E-state index contributed by atoms with van der Waals surface area (Å²) < 4.78 is 12.7. The molecule has 1 unspecified atom stereocenters. The van der Waals surface area contributed by atoms with Crippen LogP contribution in [0.15, 0.2) is 24.3 Å². The van der Waals surface area contributed by atoms with Crippen molar-refractivity contribution in [2.45, 2.75) is 12.5 Å². The molecule has 100 valence electrons. The van der Waals surface area contributed by atoms with Crippen molar-refractivity contribution in [1.29, 1.82) is 0 Å². The molecule has 0 bridgehead atoms. The van der Waals surface area contributed by atoms with Crippen molar-refractivity contribution in [1.82, 2.24) is 10.2 Å². The van der Waals surface area contributed by atoms with Crippen molar-refractivity contribution in [2.24, 2.45) is 0 Å². The van der Waals surface area contributed by atoms with Crippen molar-refractivity contribution < 1.29 is 14.3 Å². The summed E-state index contributed by atoms with van der Waals surface area (Å²) in [5.41, 5.74) is 0.390. The average Bonchev–Trinajstić information content (AvgIpc) is 2.34. The number of benzene rings is 1. The van der Waals surface area contributed by atoms with Gasteiger partial charge in [-0.05, 0) is 44.8 Å². The lowest BCUT2D eigenvalue weighted by molar-refractivity contribution is -0.129. The van der Waals surface area contributed by atoms with Crippen molar-refractivity contribution in [2.75, 3.05) is 27.2 Å². The number of carbonyl (C=O) groups is 1. The highest BCUT2D eigenvalue weighted by atomic mass is 19.1. The van der Waals surface area contributed by atoms with Gasteiger partial charge in [0.15, 0.2) is 6.10 Å². The zero-order chi connectivity index (χ0) is 13.5. The SMILES string of the molecule is CN(C)CCCNC(=O)C(O)c1ccc(F)cc1. The van der Waals surface area contributed by atoms with Crippen molar-refractivity contribution >= 4 is 5.91 Å². The average molecular weight is 254 g/mol. The van der Waals surface area contributed by atoms with E-state index in [9.17, 15) is 14.3 Å². The van der Waals surface area contributed by atoms with E-state index in [2.05, 4.69) is 5.32 Å². The predicted octanol–water partition coefficient (Wildman–Crippen LogP) is 0.927. The minimum atomic E-state index is -1.25. The van der Waals surface area contributed by atoms with Gasteiger partial charge in [0, 0.05) is 6.54 Å². The molecule has 0 aliphatic rings. The number of aliphatic hydroxyl groups excluding tert-OH is 1. The van der Waals surface area contributed by atoms with Crippen LogP contribution in [-0.4, -0.2) is 43.1 Å². The van der Waals surface area contributed by atoms with Crippen molar-refractivity contribution in [3.8, 4) is 0 Å². The summed E-state index contributed by atoms with van der Waals surface area (Å²) in [5.74, 6) is -0.849. The van der Waals surface area contributed by atoms with E-state index in [4.69, 9.17) is 0 Å². The Balaban J connectivity index is 2.39. The van der Waals surface area contributed by atoms with E-state index < -0.39 is 17.8 Å². The van der Waals surface area contributed by atoms with Gasteiger partial charge >= 0.3 is 0 Å². The summed E-state index contributed by atoms with van der Waals surface area (Å²) in [6.07, 6.45) is -0.431. The maximum absolute atomic E-state index is 12.7. The minimum Gasteiger partial charge on any atom is -0.378 e. The monoisotopic (exact) mass is 254 g/mol. The van der Waals surface area contributed by atoms with Gasteiger partial charge in [0.2, 0.25) is 0 Å². The summed E-state index contributed by atoms with van der Waals surface area (Å²) in [5, 5.41) is 12.4. The van der Waals surface area contributed by atoms with E-state index in [1.54, 1.807) is 0 Å². The van der Waals surface area contributed by atoms with Gasteiger partial charge in [0.25, 0.3) is 5.91 Å². The summed E-state index contributed by atoms with van der Waals surface area (Å²) in [7, 11) is 3.91. The molecule has 0 radical (unpaired) electrons. The molecule has 1 amide bonds. The number of halogens is 1. The Labute approximate surface area is 106 Å². The predicted molar refractivity (Wildman–Crippen MR) is 67.5 cm³/mol. The van der Waals surface area contributed by atoms with Crippen LogP contribution in [0.1, 0.15) is 18.1 Å². The molecular formula is C13H19FN2O2. The second kappa shape index (κ2) is 7.08. The van der Waals surface area contributed by atoms with E-state index in [0.717, 1.165) is 13.0 Å². The van der Waals surface area contributed by atoms with Gasteiger partial charge in [-0.1, -0.05) is 12.1 Å². The zero-order valence-electron chi connectivity index (χ0n) is 10.7. The summed E-state index contributed by atoms with van der Waals surface area (Å²) >= 11 is 0. The quantitative estimate of drug-likeness (QED) is 0.742. The largest absolute Gasteiger partial charge is 0.378 e. The third kappa shape index (κ3) is 4.81. The first-order chi connectivity index (χ1) is 8.50. The molecule has 0 saturated carbocycles. The fourth-order valence-corrected chi connectivity index (χ4v) is 1.50. The normalized spacial score (nSPS) is 12.5. The molecule has 0 aliphatic carbocycles. The van der Waals surface area contributed by atoms with Gasteiger partial charge in [0.1, 0.15) is 5.82 Å². The third-order valence-corrected chi connectivity index (χ3v) is 2.52.